The van der Waals surface area contributed by atoms with Crippen LogP contribution in [0.25, 0.3) is 11.0 Å². The minimum atomic E-state index is -0.194. The molecule has 7 nitrogen and oxygen atoms in total. The zero-order valence-corrected chi connectivity index (χ0v) is 14.4. The van der Waals surface area contributed by atoms with E-state index in [9.17, 15) is 9.59 Å². The van der Waals surface area contributed by atoms with Gasteiger partial charge < -0.3 is 20.4 Å². The molecule has 1 aliphatic carbocycles. The molecule has 0 saturated heterocycles. The van der Waals surface area contributed by atoms with Crippen LogP contribution in [0.15, 0.2) is 18.5 Å². The van der Waals surface area contributed by atoms with E-state index in [1.165, 1.54) is 6.42 Å². The number of ether oxygens (including phenoxy) is 1. The Hall–Kier alpha value is -2.41. The van der Waals surface area contributed by atoms with Gasteiger partial charge in [-0.2, -0.15) is 0 Å². The van der Waals surface area contributed by atoms with Crippen LogP contribution in [-0.2, 0) is 9.53 Å². The molecule has 1 saturated carbocycles. The standard InChI is InChI=1S/C18H24N4O3/c1-25-8-7-19-18(24)15-11-21-16-14(15)9-13(10-20-16)22-17(23)12-5-3-2-4-6-12/h9-12H,2-8H2,1H3,(H,19,24)(H,20,21)(H,22,23). The van der Waals surface area contributed by atoms with E-state index in [0.29, 0.717) is 35.4 Å². The fraction of sp³-hybridized carbons (Fsp3) is 0.500. The number of hydrogen-bond donors (Lipinski definition) is 3. The molecular weight excluding hydrogens is 320 g/mol. The van der Waals surface area contributed by atoms with Gasteiger partial charge in [-0.1, -0.05) is 19.3 Å². The van der Waals surface area contributed by atoms with Gasteiger partial charge in [-0.05, 0) is 18.9 Å². The summed E-state index contributed by atoms with van der Waals surface area (Å²) in [7, 11) is 1.59. The Morgan fingerprint density at radius 3 is 2.88 bits per heavy atom. The molecule has 2 aromatic rings. The monoisotopic (exact) mass is 344 g/mol. The van der Waals surface area contributed by atoms with Crippen LogP contribution in [0.5, 0.6) is 0 Å². The molecule has 7 heteroatoms. The summed E-state index contributed by atoms with van der Waals surface area (Å²) in [6.07, 6.45) is 8.57. The highest BCUT2D eigenvalue weighted by Crippen LogP contribution is 2.26. The van der Waals surface area contributed by atoms with Crippen molar-refractivity contribution in [1.29, 1.82) is 0 Å². The van der Waals surface area contributed by atoms with E-state index >= 15 is 0 Å². The number of H-pyrrole nitrogens is 1. The number of methoxy groups -OCH3 is 1. The highest BCUT2D eigenvalue weighted by atomic mass is 16.5. The molecule has 3 N–H and O–H groups in total. The van der Waals surface area contributed by atoms with Gasteiger partial charge in [0.05, 0.1) is 24.1 Å². The molecule has 0 aliphatic heterocycles. The molecule has 1 fully saturated rings. The van der Waals surface area contributed by atoms with Crippen LogP contribution in [0.2, 0.25) is 0 Å². The molecule has 1 aliphatic rings. The summed E-state index contributed by atoms with van der Waals surface area (Å²) in [5, 5.41) is 6.43. The maximum atomic E-state index is 12.4. The fourth-order valence-corrected chi connectivity index (χ4v) is 3.23. The van der Waals surface area contributed by atoms with E-state index in [1.807, 2.05) is 0 Å². The quantitative estimate of drug-likeness (QED) is 0.701. The summed E-state index contributed by atoms with van der Waals surface area (Å²) in [5.41, 5.74) is 1.74. The van der Waals surface area contributed by atoms with Crippen LogP contribution in [0, 0.1) is 5.92 Å². The molecule has 0 aromatic carbocycles. The second-order valence-electron chi connectivity index (χ2n) is 6.40. The lowest BCUT2D eigenvalue weighted by Crippen LogP contribution is -2.26. The lowest BCUT2D eigenvalue weighted by atomic mass is 9.88. The Morgan fingerprint density at radius 1 is 1.32 bits per heavy atom. The highest BCUT2D eigenvalue weighted by molar-refractivity contribution is 6.07. The van der Waals surface area contributed by atoms with E-state index in [4.69, 9.17) is 4.74 Å². The molecular formula is C18H24N4O3. The zero-order valence-electron chi connectivity index (χ0n) is 14.4. The predicted octanol–water partition coefficient (Wildman–Crippen LogP) is 2.46. The van der Waals surface area contributed by atoms with Gasteiger partial charge >= 0.3 is 0 Å². The van der Waals surface area contributed by atoms with Gasteiger partial charge in [-0.25, -0.2) is 4.98 Å². The number of rotatable bonds is 6. The first kappa shape index (κ1) is 17.4. The summed E-state index contributed by atoms with van der Waals surface area (Å²) in [5.74, 6) is -0.0733. The molecule has 25 heavy (non-hydrogen) atoms. The Bertz CT molecular complexity index is 750. The van der Waals surface area contributed by atoms with Crippen LogP contribution >= 0.6 is 0 Å². The molecule has 2 aromatic heterocycles. The van der Waals surface area contributed by atoms with Gasteiger partial charge in [-0.3, -0.25) is 9.59 Å². The Kier molecular flexibility index (Phi) is 5.65. The lowest BCUT2D eigenvalue weighted by Gasteiger charge is -2.20. The van der Waals surface area contributed by atoms with E-state index in [-0.39, 0.29) is 17.7 Å². The largest absolute Gasteiger partial charge is 0.383 e. The van der Waals surface area contributed by atoms with Gasteiger partial charge in [0.2, 0.25) is 5.91 Å². The summed E-state index contributed by atoms with van der Waals surface area (Å²) in [6, 6.07) is 1.80. The van der Waals surface area contributed by atoms with Gasteiger partial charge in [0.1, 0.15) is 5.65 Å². The SMILES string of the molecule is COCCNC(=O)c1c[nH]c2ncc(NC(=O)C3CCCCC3)cc12. The fourth-order valence-electron chi connectivity index (χ4n) is 3.23. The summed E-state index contributed by atoms with van der Waals surface area (Å²) in [6.45, 7) is 0.891. The summed E-state index contributed by atoms with van der Waals surface area (Å²) in [4.78, 5) is 32.0. The van der Waals surface area contributed by atoms with Crippen LogP contribution in [0.1, 0.15) is 42.5 Å². The number of pyridine rings is 1. The number of hydrogen-bond acceptors (Lipinski definition) is 4. The van der Waals surface area contributed by atoms with Crippen molar-refractivity contribution in [3.8, 4) is 0 Å². The van der Waals surface area contributed by atoms with E-state index in [0.717, 1.165) is 25.7 Å². The van der Waals surface area contributed by atoms with Crippen molar-refractivity contribution in [2.75, 3.05) is 25.6 Å². The van der Waals surface area contributed by atoms with Crippen LogP contribution in [-0.4, -0.2) is 42.0 Å². The number of carbonyl (C=O) groups is 2. The summed E-state index contributed by atoms with van der Waals surface area (Å²) >= 11 is 0. The highest BCUT2D eigenvalue weighted by Gasteiger charge is 2.21. The van der Waals surface area contributed by atoms with Crippen LogP contribution < -0.4 is 10.6 Å². The van der Waals surface area contributed by atoms with Crippen molar-refractivity contribution >= 4 is 28.5 Å². The minimum Gasteiger partial charge on any atom is -0.383 e. The van der Waals surface area contributed by atoms with Gasteiger partial charge in [0.15, 0.2) is 0 Å². The maximum Gasteiger partial charge on any atom is 0.253 e. The number of aromatic nitrogens is 2. The topological polar surface area (TPSA) is 96.1 Å². The van der Waals surface area contributed by atoms with Crippen molar-refractivity contribution in [3.05, 3.63) is 24.0 Å². The minimum absolute atomic E-state index is 0.0440. The second kappa shape index (κ2) is 8.11. The van der Waals surface area contributed by atoms with Crippen molar-refractivity contribution in [2.24, 2.45) is 5.92 Å². The molecule has 3 rings (SSSR count). The molecule has 0 unspecified atom stereocenters. The van der Waals surface area contributed by atoms with Crippen LogP contribution in [0.3, 0.4) is 0 Å². The molecule has 2 amide bonds. The van der Waals surface area contributed by atoms with E-state index in [1.54, 1.807) is 25.6 Å². The third-order valence-electron chi connectivity index (χ3n) is 4.61. The molecule has 0 spiro atoms. The van der Waals surface area contributed by atoms with Crippen LogP contribution in [0.4, 0.5) is 5.69 Å². The first-order valence-corrected chi connectivity index (χ1v) is 8.74. The Morgan fingerprint density at radius 2 is 2.12 bits per heavy atom. The Balaban J connectivity index is 1.73. The van der Waals surface area contributed by atoms with Crippen molar-refractivity contribution in [1.82, 2.24) is 15.3 Å². The molecule has 0 radical (unpaired) electrons. The smallest absolute Gasteiger partial charge is 0.253 e. The number of aromatic amines is 1. The number of nitrogens with one attached hydrogen (secondary N) is 3. The van der Waals surface area contributed by atoms with Crippen molar-refractivity contribution < 1.29 is 14.3 Å². The van der Waals surface area contributed by atoms with E-state index in [2.05, 4.69) is 20.6 Å². The second-order valence-corrected chi connectivity index (χ2v) is 6.40. The van der Waals surface area contributed by atoms with Crippen molar-refractivity contribution in [3.63, 3.8) is 0 Å². The molecule has 0 bridgehead atoms. The number of amides is 2. The summed E-state index contributed by atoms with van der Waals surface area (Å²) < 4.78 is 4.94. The molecule has 0 atom stereocenters. The third-order valence-corrected chi connectivity index (χ3v) is 4.61. The van der Waals surface area contributed by atoms with Gasteiger partial charge in [0.25, 0.3) is 5.91 Å². The first-order chi connectivity index (χ1) is 12.2. The number of nitrogens with zero attached hydrogens (tertiary/aromatic N) is 1. The maximum absolute atomic E-state index is 12.4. The average Bonchev–Trinajstić information content (AvgIpc) is 3.06. The zero-order chi connectivity index (χ0) is 17.6. The van der Waals surface area contributed by atoms with Gasteiger partial charge in [-0.15, -0.1) is 0 Å². The number of carbonyl (C=O) groups excluding carboxylic acids is 2. The molecule has 2 heterocycles. The third kappa shape index (κ3) is 4.17. The normalized spacial score (nSPS) is 15.2. The number of anilines is 1. The molecule has 134 valence electrons. The van der Waals surface area contributed by atoms with E-state index < -0.39 is 0 Å². The van der Waals surface area contributed by atoms with Gasteiger partial charge in [0, 0.05) is 31.2 Å². The Labute approximate surface area is 146 Å². The average molecular weight is 344 g/mol. The predicted molar refractivity (Wildman–Crippen MR) is 95.5 cm³/mol. The lowest BCUT2D eigenvalue weighted by molar-refractivity contribution is -0.120. The van der Waals surface area contributed by atoms with Crippen molar-refractivity contribution in [2.45, 2.75) is 32.1 Å². The first-order valence-electron chi connectivity index (χ1n) is 8.74. The number of fused-ring (bicyclic) bond motifs is 1.